The molecule has 24 heavy (non-hydrogen) atoms. The number of halogens is 3. The van der Waals surface area contributed by atoms with E-state index in [0.717, 1.165) is 30.7 Å². The van der Waals surface area contributed by atoms with E-state index in [0.29, 0.717) is 6.54 Å². The summed E-state index contributed by atoms with van der Waals surface area (Å²) in [7, 11) is 0. The summed E-state index contributed by atoms with van der Waals surface area (Å²) < 4.78 is 38.2. The number of carbonyl (C=O) groups is 1. The molecule has 1 aliphatic rings. The van der Waals surface area contributed by atoms with E-state index < -0.39 is 17.6 Å². The first-order valence-electron chi connectivity index (χ1n) is 7.72. The van der Waals surface area contributed by atoms with Crippen molar-refractivity contribution in [2.45, 2.75) is 18.6 Å². The molecule has 0 saturated heterocycles. The van der Waals surface area contributed by atoms with Gasteiger partial charge < -0.3 is 10.6 Å². The zero-order valence-corrected chi connectivity index (χ0v) is 12.9. The molecular weight excluding hydrogens is 317 g/mol. The van der Waals surface area contributed by atoms with Gasteiger partial charge >= 0.3 is 6.18 Å². The van der Waals surface area contributed by atoms with E-state index in [-0.39, 0.29) is 11.6 Å². The van der Waals surface area contributed by atoms with E-state index >= 15 is 0 Å². The molecule has 0 spiro atoms. The highest BCUT2D eigenvalue weighted by molar-refractivity contribution is 5.94. The van der Waals surface area contributed by atoms with Gasteiger partial charge in [-0.05, 0) is 42.3 Å². The minimum atomic E-state index is -4.46. The Morgan fingerprint density at radius 3 is 2.75 bits per heavy atom. The van der Waals surface area contributed by atoms with Crippen LogP contribution in [0.5, 0.6) is 0 Å². The van der Waals surface area contributed by atoms with Gasteiger partial charge in [0.2, 0.25) is 0 Å². The second-order valence-corrected chi connectivity index (χ2v) is 5.74. The van der Waals surface area contributed by atoms with Crippen molar-refractivity contribution in [3.8, 4) is 0 Å². The van der Waals surface area contributed by atoms with E-state index in [9.17, 15) is 18.0 Å². The molecule has 126 valence electrons. The third-order valence-electron chi connectivity index (χ3n) is 4.13. The molecule has 0 bridgehead atoms. The highest BCUT2D eigenvalue weighted by Crippen LogP contribution is 2.29. The second-order valence-electron chi connectivity index (χ2n) is 5.74. The highest BCUT2D eigenvalue weighted by atomic mass is 19.4. The lowest BCUT2D eigenvalue weighted by Crippen LogP contribution is -2.38. The summed E-state index contributed by atoms with van der Waals surface area (Å²) in [6, 6.07) is 12.4. The number of hydrogen-bond acceptors (Lipinski definition) is 2. The van der Waals surface area contributed by atoms with Crippen molar-refractivity contribution >= 4 is 5.91 Å². The molecule has 1 unspecified atom stereocenters. The Hall–Kier alpha value is -2.34. The Bertz CT molecular complexity index is 743. The number of alkyl halides is 3. The second kappa shape index (κ2) is 6.65. The van der Waals surface area contributed by atoms with Gasteiger partial charge in [-0.2, -0.15) is 13.2 Å². The Morgan fingerprint density at radius 2 is 1.96 bits per heavy atom. The van der Waals surface area contributed by atoms with Gasteiger partial charge in [-0.15, -0.1) is 0 Å². The standard InChI is InChI=1S/C18H17F3N2O/c19-18(20,21)14-6-3-5-13(10-14)17(24)23-11-16-15-7-2-1-4-12(15)8-9-22-16/h1-7,10,16,22H,8-9,11H2,(H,23,24). The normalized spacial score (nSPS) is 17.2. The molecule has 1 heterocycles. The van der Waals surface area contributed by atoms with Crippen molar-refractivity contribution in [1.29, 1.82) is 0 Å². The minimum Gasteiger partial charge on any atom is -0.350 e. The summed E-state index contributed by atoms with van der Waals surface area (Å²) in [5.74, 6) is -0.508. The van der Waals surface area contributed by atoms with E-state index in [1.165, 1.54) is 17.7 Å². The van der Waals surface area contributed by atoms with Crippen molar-refractivity contribution in [2.75, 3.05) is 13.1 Å². The minimum absolute atomic E-state index is 0.00826. The molecule has 0 aromatic heterocycles. The molecule has 1 atom stereocenters. The SMILES string of the molecule is O=C(NCC1NCCc2ccccc21)c1cccc(C(F)(F)F)c1. The maximum absolute atomic E-state index is 12.7. The van der Waals surface area contributed by atoms with Gasteiger partial charge in [0.05, 0.1) is 5.56 Å². The number of benzene rings is 2. The van der Waals surface area contributed by atoms with Gasteiger partial charge in [-0.25, -0.2) is 0 Å². The van der Waals surface area contributed by atoms with Gasteiger partial charge in [0.1, 0.15) is 0 Å². The Labute approximate surface area is 137 Å². The van der Waals surface area contributed by atoms with Crippen LogP contribution in [-0.2, 0) is 12.6 Å². The van der Waals surface area contributed by atoms with Crippen molar-refractivity contribution < 1.29 is 18.0 Å². The summed E-state index contributed by atoms with van der Waals surface area (Å²) in [4.78, 5) is 12.2. The first-order chi connectivity index (χ1) is 11.4. The molecule has 0 fully saturated rings. The number of hydrogen-bond donors (Lipinski definition) is 2. The number of amides is 1. The van der Waals surface area contributed by atoms with Crippen LogP contribution in [0.25, 0.3) is 0 Å². The van der Waals surface area contributed by atoms with Crippen molar-refractivity contribution in [3.63, 3.8) is 0 Å². The van der Waals surface area contributed by atoms with Crippen molar-refractivity contribution in [2.24, 2.45) is 0 Å². The van der Waals surface area contributed by atoms with Gasteiger partial charge in [0, 0.05) is 18.2 Å². The molecule has 0 aliphatic carbocycles. The maximum Gasteiger partial charge on any atom is 0.416 e. The molecule has 0 radical (unpaired) electrons. The molecule has 1 amide bonds. The van der Waals surface area contributed by atoms with E-state index in [2.05, 4.69) is 16.7 Å². The van der Waals surface area contributed by atoms with Crippen LogP contribution in [0.2, 0.25) is 0 Å². The first kappa shape index (κ1) is 16.5. The van der Waals surface area contributed by atoms with Crippen LogP contribution in [-0.4, -0.2) is 19.0 Å². The fourth-order valence-electron chi connectivity index (χ4n) is 2.91. The predicted octanol–water partition coefficient (Wildman–Crippen LogP) is 3.32. The predicted molar refractivity (Wildman–Crippen MR) is 84.7 cm³/mol. The first-order valence-corrected chi connectivity index (χ1v) is 7.72. The lowest BCUT2D eigenvalue weighted by molar-refractivity contribution is -0.137. The molecule has 2 N–H and O–H groups in total. The number of carbonyl (C=O) groups excluding carboxylic acids is 1. The number of rotatable bonds is 3. The zero-order valence-electron chi connectivity index (χ0n) is 12.9. The van der Waals surface area contributed by atoms with Crippen LogP contribution in [0.4, 0.5) is 13.2 Å². The summed E-state index contributed by atoms with van der Waals surface area (Å²) in [5.41, 5.74) is 1.54. The third kappa shape index (κ3) is 3.59. The van der Waals surface area contributed by atoms with Crippen LogP contribution in [0.3, 0.4) is 0 Å². The average molecular weight is 334 g/mol. The molecule has 6 heteroatoms. The van der Waals surface area contributed by atoms with E-state index in [4.69, 9.17) is 0 Å². The van der Waals surface area contributed by atoms with Crippen LogP contribution >= 0.6 is 0 Å². The molecule has 3 nitrogen and oxygen atoms in total. The van der Waals surface area contributed by atoms with Crippen molar-refractivity contribution in [3.05, 3.63) is 70.8 Å². The van der Waals surface area contributed by atoms with Gasteiger partial charge in [0.15, 0.2) is 0 Å². The Kier molecular flexibility index (Phi) is 4.57. The quantitative estimate of drug-likeness (QED) is 0.904. The topological polar surface area (TPSA) is 41.1 Å². The zero-order chi connectivity index (χ0) is 17.2. The summed E-state index contributed by atoms with van der Waals surface area (Å²) >= 11 is 0. The van der Waals surface area contributed by atoms with E-state index in [1.54, 1.807) is 0 Å². The molecule has 0 saturated carbocycles. The van der Waals surface area contributed by atoms with Gasteiger partial charge in [-0.1, -0.05) is 30.3 Å². The molecule has 3 rings (SSSR count). The van der Waals surface area contributed by atoms with Crippen LogP contribution in [0.1, 0.15) is 33.1 Å². The largest absolute Gasteiger partial charge is 0.416 e. The van der Waals surface area contributed by atoms with Gasteiger partial charge in [0.25, 0.3) is 5.91 Å². The summed E-state index contributed by atoms with van der Waals surface area (Å²) in [6.07, 6.45) is -3.53. The molecule has 2 aromatic carbocycles. The molecule has 2 aromatic rings. The maximum atomic E-state index is 12.7. The smallest absolute Gasteiger partial charge is 0.350 e. The summed E-state index contributed by atoms with van der Waals surface area (Å²) in [6.45, 7) is 1.13. The molecule has 1 aliphatic heterocycles. The van der Waals surface area contributed by atoms with Crippen LogP contribution < -0.4 is 10.6 Å². The summed E-state index contributed by atoms with van der Waals surface area (Å²) in [5, 5.41) is 6.04. The van der Waals surface area contributed by atoms with Gasteiger partial charge in [-0.3, -0.25) is 4.79 Å². The lowest BCUT2D eigenvalue weighted by atomic mass is 9.94. The number of fused-ring (bicyclic) bond motifs is 1. The monoisotopic (exact) mass is 334 g/mol. The van der Waals surface area contributed by atoms with Crippen LogP contribution in [0.15, 0.2) is 48.5 Å². The average Bonchev–Trinajstić information content (AvgIpc) is 2.59. The van der Waals surface area contributed by atoms with Crippen LogP contribution in [0, 0.1) is 0 Å². The fraction of sp³-hybridized carbons (Fsp3) is 0.278. The van der Waals surface area contributed by atoms with E-state index in [1.807, 2.05) is 18.2 Å². The molecular formula is C18H17F3N2O. The highest BCUT2D eigenvalue weighted by Gasteiger charge is 2.31. The lowest BCUT2D eigenvalue weighted by Gasteiger charge is -2.27. The number of nitrogens with one attached hydrogen (secondary N) is 2. The van der Waals surface area contributed by atoms with Crippen molar-refractivity contribution in [1.82, 2.24) is 10.6 Å². The third-order valence-corrected chi connectivity index (χ3v) is 4.13. The fourth-order valence-corrected chi connectivity index (χ4v) is 2.91. The Balaban J connectivity index is 1.69. The Morgan fingerprint density at radius 1 is 1.17 bits per heavy atom.